The summed E-state index contributed by atoms with van der Waals surface area (Å²) in [4.78, 5) is 23.4. The monoisotopic (exact) mass is 367 g/mol. The number of carbonyl (C=O) groups is 2. The quantitative estimate of drug-likeness (QED) is 0.650. The predicted molar refractivity (Wildman–Crippen MR) is 93.0 cm³/mol. The highest BCUT2D eigenvalue weighted by molar-refractivity contribution is 6.31. The highest BCUT2D eigenvalue weighted by Gasteiger charge is 2.10. The number of hydrogen-bond donors (Lipinski definition) is 1. The van der Waals surface area contributed by atoms with E-state index in [1.807, 2.05) is 0 Å². The maximum Gasteiger partial charge on any atom is 0.331 e. The van der Waals surface area contributed by atoms with Crippen molar-refractivity contribution in [2.24, 2.45) is 7.05 Å². The van der Waals surface area contributed by atoms with Gasteiger partial charge in [-0.05, 0) is 37.3 Å². The van der Waals surface area contributed by atoms with Crippen LogP contribution in [0.15, 0.2) is 30.3 Å². The molecule has 0 spiro atoms. The molecule has 0 aliphatic heterocycles. The molecule has 24 heavy (non-hydrogen) atoms. The van der Waals surface area contributed by atoms with Crippen molar-refractivity contribution in [1.29, 1.82) is 0 Å². The topological polar surface area (TPSA) is 73.2 Å². The lowest BCUT2D eigenvalue weighted by molar-refractivity contribution is -0.142. The summed E-state index contributed by atoms with van der Waals surface area (Å²) in [5.74, 6) is -1.10. The standard InChI is InChI=1S/C16H15Cl2N3O3/c1-10-13(16(18)21(2)20-10)7-8-15(23)24-9-14(22)19-12-5-3-11(17)4-6-12/h3-8H,9H2,1-2H3,(H,19,22)/b8-7+. The van der Waals surface area contributed by atoms with Gasteiger partial charge in [0, 0.05) is 29.4 Å². The molecule has 0 fully saturated rings. The van der Waals surface area contributed by atoms with E-state index in [0.29, 0.717) is 27.1 Å². The third-order valence-electron chi connectivity index (χ3n) is 3.06. The normalized spacial score (nSPS) is 10.8. The number of carbonyl (C=O) groups excluding carboxylic acids is 2. The largest absolute Gasteiger partial charge is 0.452 e. The molecule has 0 atom stereocenters. The number of aryl methyl sites for hydroxylation is 2. The van der Waals surface area contributed by atoms with Gasteiger partial charge in [-0.1, -0.05) is 23.2 Å². The minimum absolute atomic E-state index is 0.397. The number of rotatable bonds is 5. The van der Waals surface area contributed by atoms with Gasteiger partial charge in [0.2, 0.25) is 0 Å². The van der Waals surface area contributed by atoms with Crippen molar-refractivity contribution < 1.29 is 14.3 Å². The summed E-state index contributed by atoms with van der Waals surface area (Å²) < 4.78 is 6.38. The van der Waals surface area contributed by atoms with Crippen LogP contribution in [0.1, 0.15) is 11.3 Å². The maximum absolute atomic E-state index is 11.7. The number of anilines is 1. The van der Waals surface area contributed by atoms with Crippen LogP contribution < -0.4 is 5.32 Å². The number of aromatic nitrogens is 2. The highest BCUT2D eigenvalue weighted by atomic mass is 35.5. The number of benzene rings is 1. The fourth-order valence-electron chi connectivity index (χ4n) is 1.90. The lowest BCUT2D eigenvalue weighted by Crippen LogP contribution is -2.20. The molecule has 0 saturated heterocycles. The second kappa shape index (κ2) is 7.99. The van der Waals surface area contributed by atoms with Crippen LogP contribution in [0.4, 0.5) is 5.69 Å². The van der Waals surface area contributed by atoms with Crippen molar-refractivity contribution in [3.63, 3.8) is 0 Å². The Morgan fingerprint density at radius 3 is 2.54 bits per heavy atom. The second-order valence-electron chi connectivity index (χ2n) is 4.91. The summed E-state index contributed by atoms with van der Waals surface area (Å²) in [6, 6.07) is 6.59. The Morgan fingerprint density at radius 1 is 1.29 bits per heavy atom. The van der Waals surface area contributed by atoms with E-state index in [1.165, 1.54) is 16.8 Å². The van der Waals surface area contributed by atoms with Gasteiger partial charge in [-0.2, -0.15) is 5.10 Å². The van der Waals surface area contributed by atoms with Crippen molar-refractivity contribution in [3.8, 4) is 0 Å². The zero-order valence-electron chi connectivity index (χ0n) is 13.0. The molecule has 0 radical (unpaired) electrons. The van der Waals surface area contributed by atoms with Crippen LogP contribution >= 0.6 is 23.2 Å². The first-order valence-electron chi connectivity index (χ1n) is 6.96. The molecule has 1 N–H and O–H groups in total. The van der Waals surface area contributed by atoms with E-state index in [0.717, 1.165) is 0 Å². The third-order valence-corrected chi connectivity index (χ3v) is 3.76. The Morgan fingerprint density at radius 2 is 1.96 bits per heavy atom. The maximum atomic E-state index is 11.7. The van der Waals surface area contributed by atoms with Crippen LogP contribution in [0.3, 0.4) is 0 Å². The molecule has 1 aromatic carbocycles. The Kier molecular flexibility index (Phi) is 6.00. The van der Waals surface area contributed by atoms with Crippen LogP contribution in [0.25, 0.3) is 6.08 Å². The zero-order valence-corrected chi connectivity index (χ0v) is 14.6. The van der Waals surface area contributed by atoms with Gasteiger partial charge in [-0.25, -0.2) is 4.79 Å². The molecule has 2 aromatic rings. The number of ether oxygens (including phenoxy) is 1. The molecule has 1 amide bonds. The number of nitrogens with zero attached hydrogens (tertiary/aromatic N) is 2. The van der Waals surface area contributed by atoms with Gasteiger partial charge in [-0.15, -0.1) is 0 Å². The van der Waals surface area contributed by atoms with Gasteiger partial charge in [0.15, 0.2) is 6.61 Å². The molecule has 0 unspecified atom stereocenters. The molecule has 0 aliphatic rings. The first-order valence-corrected chi connectivity index (χ1v) is 7.71. The molecule has 0 saturated carbocycles. The summed E-state index contributed by atoms with van der Waals surface area (Å²) >= 11 is 11.8. The average Bonchev–Trinajstić information content (AvgIpc) is 2.78. The molecule has 126 valence electrons. The van der Waals surface area contributed by atoms with Crippen molar-refractivity contribution in [1.82, 2.24) is 9.78 Å². The van der Waals surface area contributed by atoms with Crippen LogP contribution in [0.5, 0.6) is 0 Å². The van der Waals surface area contributed by atoms with E-state index >= 15 is 0 Å². The highest BCUT2D eigenvalue weighted by Crippen LogP contribution is 2.20. The van der Waals surface area contributed by atoms with Gasteiger partial charge in [0.1, 0.15) is 5.15 Å². The minimum atomic E-state index is -0.652. The van der Waals surface area contributed by atoms with E-state index < -0.39 is 18.5 Å². The van der Waals surface area contributed by atoms with Crippen LogP contribution in [0, 0.1) is 6.92 Å². The Hall–Kier alpha value is -2.31. The molecular formula is C16H15Cl2N3O3. The van der Waals surface area contributed by atoms with Gasteiger partial charge >= 0.3 is 5.97 Å². The van der Waals surface area contributed by atoms with E-state index in [1.54, 1.807) is 38.2 Å². The number of halogens is 2. The fraction of sp³-hybridized carbons (Fsp3) is 0.188. The Balaban J connectivity index is 1.85. The van der Waals surface area contributed by atoms with Crippen LogP contribution in [0.2, 0.25) is 10.2 Å². The van der Waals surface area contributed by atoms with Crippen molar-refractivity contribution >= 4 is 46.8 Å². The van der Waals surface area contributed by atoms with E-state index in [4.69, 9.17) is 27.9 Å². The molecule has 6 nitrogen and oxygen atoms in total. The summed E-state index contributed by atoms with van der Waals surface area (Å²) in [6.45, 7) is 1.38. The van der Waals surface area contributed by atoms with E-state index in [-0.39, 0.29) is 0 Å². The third kappa shape index (κ3) is 4.84. The van der Waals surface area contributed by atoms with Gasteiger partial charge in [0.05, 0.1) is 5.69 Å². The molecule has 1 aromatic heterocycles. The lowest BCUT2D eigenvalue weighted by Gasteiger charge is -2.05. The summed E-state index contributed by atoms with van der Waals surface area (Å²) in [5.41, 5.74) is 1.88. The summed E-state index contributed by atoms with van der Waals surface area (Å²) in [6.07, 6.45) is 2.70. The predicted octanol–water partition coefficient (Wildman–Crippen LogP) is 3.23. The fourth-order valence-corrected chi connectivity index (χ4v) is 2.27. The van der Waals surface area contributed by atoms with E-state index in [9.17, 15) is 9.59 Å². The number of hydrogen-bond acceptors (Lipinski definition) is 4. The van der Waals surface area contributed by atoms with Crippen molar-refractivity contribution in [2.45, 2.75) is 6.92 Å². The first kappa shape index (κ1) is 18.0. The molecule has 1 heterocycles. The average molecular weight is 368 g/mol. The summed E-state index contributed by atoms with van der Waals surface area (Å²) in [7, 11) is 1.70. The smallest absolute Gasteiger partial charge is 0.331 e. The van der Waals surface area contributed by atoms with Crippen LogP contribution in [-0.4, -0.2) is 28.3 Å². The van der Waals surface area contributed by atoms with Gasteiger partial charge in [-0.3, -0.25) is 9.48 Å². The Bertz CT molecular complexity index is 783. The number of nitrogens with one attached hydrogen (secondary N) is 1. The van der Waals surface area contributed by atoms with E-state index in [2.05, 4.69) is 10.4 Å². The van der Waals surface area contributed by atoms with Gasteiger partial charge < -0.3 is 10.1 Å². The number of esters is 1. The molecule has 0 aliphatic carbocycles. The molecule has 2 rings (SSSR count). The minimum Gasteiger partial charge on any atom is -0.452 e. The van der Waals surface area contributed by atoms with Crippen molar-refractivity contribution in [3.05, 3.63) is 51.8 Å². The second-order valence-corrected chi connectivity index (χ2v) is 5.70. The van der Waals surface area contributed by atoms with Crippen LogP contribution in [-0.2, 0) is 21.4 Å². The zero-order chi connectivity index (χ0) is 17.7. The van der Waals surface area contributed by atoms with Gasteiger partial charge in [0.25, 0.3) is 5.91 Å². The first-order chi connectivity index (χ1) is 11.4. The van der Waals surface area contributed by atoms with Crippen molar-refractivity contribution in [2.75, 3.05) is 11.9 Å². The molecule has 8 heteroatoms. The number of amides is 1. The Labute approximate surface area is 149 Å². The summed E-state index contributed by atoms with van der Waals surface area (Å²) in [5, 5.41) is 7.69. The molecular weight excluding hydrogens is 353 g/mol. The molecule has 0 bridgehead atoms. The SMILES string of the molecule is Cc1nn(C)c(Cl)c1/C=C/C(=O)OCC(=O)Nc1ccc(Cl)cc1. The lowest BCUT2D eigenvalue weighted by atomic mass is 10.2.